The van der Waals surface area contributed by atoms with Gasteiger partial charge in [0.2, 0.25) is 5.88 Å². The molecular formula is C36H41Cl3N3O3Si. The van der Waals surface area contributed by atoms with Crippen LogP contribution in [0.4, 0.5) is 0 Å². The van der Waals surface area contributed by atoms with Gasteiger partial charge in [-0.15, -0.1) is 0 Å². The van der Waals surface area contributed by atoms with Crippen LogP contribution in [0.25, 0.3) is 33.6 Å². The SMILES string of the molecule is [CH2]c1c(Cl)cc(-c2cccc(-c3ccnc(-c4cc5c(c(OC)c4)CN(CCO[Si](C)(C)C(C)(C)C)CC5)c3Cl)c2Cl)nc1OC. The molecule has 243 valence electrons. The van der Waals surface area contributed by atoms with E-state index in [0.717, 1.165) is 55.1 Å². The zero-order chi connectivity index (χ0) is 33.4. The molecule has 0 saturated heterocycles. The van der Waals surface area contributed by atoms with Gasteiger partial charge >= 0.3 is 0 Å². The number of pyridine rings is 2. The fourth-order valence-electron chi connectivity index (χ4n) is 5.46. The fourth-order valence-corrected chi connectivity index (χ4v) is 7.33. The van der Waals surface area contributed by atoms with Crippen LogP contribution >= 0.6 is 34.8 Å². The third kappa shape index (κ3) is 6.96. The molecule has 6 nitrogen and oxygen atoms in total. The van der Waals surface area contributed by atoms with Crippen LogP contribution in [-0.4, -0.2) is 57.1 Å². The van der Waals surface area contributed by atoms with Crippen molar-refractivity contribution >= 4 is 43.1 Å². The normalized spacial score (nSPS) is 13.9. The van der Waals surface area contributed by atoms with Crippen LogP contribution in [0.3, 0.4) is 0 Å². The summed E-state index contributed by atoms with van der Waals surface area (Å²) in [6.45, 7) is 18.7. The van der Waals surface area contributed by atoms with Crippen LogP contribution in [0.15, 0.2) is 48.7 Å². The number of fused-ring (bicyclic) bond motifs is 1. The van der Waals surface area contributed by atoms with Gasteiger partial charge in [-0.3, -0.25) is 9.88 Å². The van der Waals surface area contributed by atoms with E-state index in [1.807, 2.05) is 30.3 Å². The summed E-state index contributed by atoms with van der Waals surface area (Å²) in [5.41, 5.74) is 7.30. The summed E-state index contributed by atoms with van der Waals surface area (Å²) in [4.78, 5) is 11.7. The highest BCUT2D eigenvalue weighted by Crippen LogP contribution is 2.44. The van der Waals surface area contributed by atoms with Crippen LogP contribution in [-0.2, 0) is 17.4 Å². The molecule has 0 spiro atoms. The molecule has 0 unspecified atom stereocenters. The highest BCUT2D eigenvalue weighted by Gasteiger charge is 2.37. The second kappa shape index (κ2) is 13.8. The van der Waals surface area contributed by atoms with Crippen LogP contribution in [0.5, 0.6) is 11.6 Å². The maximum absolute atomic E-state index is 7.12. The van der Waals surface area contributed by atoms with E-state index in [0.29, 0.717) is 43.5 Å². The number of aromatic nitrogens is 2. The van der Waals surface area contributed by atoms with Gasteiger partial charge in [0.15, 0.2) is 8.32 Å². The highest BCUT2D eigenvalue weighted by atomic mass is 35.5. The number of hydrogen-bond donors (Lipinski definition) is 0. The van der Waals surface area contributed by atoms with Gasteiger partial charge < -0.3 is 13.9 Å². The lowest BCUT2D eigenvalue weighted by Gasteiger charge is -2.37. The molecule has 3 heterocycles. The van der Waals surface area contributed by atoms with Gasteiger partial charge in [-0.1, -0.05) is 73.8 Å². The first-order valence-corrected chi connectivity index (χ1v) is 19.4. The summed E-state index contributed by atoms with van der Waals surface area (Å²) in [5, 5.41) is 1.63. The number of methoxy groups -OCH3 is 2. The molecule has 10 heteroatoms. The summed E-state index contributed by atoms with van der Waals surface area (Å²) >= 11 is 20.6. The Morgan fingerprint density at radius 2 is 1.67 bits per heavy atom. The molecule has 4 aromatic rings. The third-order valence-corrected chi connectivity index (χ3v) is 14.9. The van der Waals surface area contributed by atoms with Crippen molar-refractivity contribution in [2.45, 2.75) is 51.9 Å². The standard InChI is InChI=1S/C36H41Cl3N3O3Si/c1-22-29(37)20-30(41-35(22)44-6)27-11-9-10-25(32(27)38)26-12-14-40-34(33(26)39)24-18-23-13-15-42(21-28(23)31(19-24)43-5)16-17-45-46(7,8)36(2,3)4/h9-12,14,18-20H,1,13,15-17,21H2,2-8H3. The first-order valence-electron chi connectivity index (χ1n) is 15.3. The number of halogens is 3. The average Bonchev–Trinajstić information content (AvgIpc) is 3.01. The quantitative estimate of drug-likeness (QED) is 0.162. The topological polar surface area (TPSA) is 56.7 Å². The monoisotopic (exact) mass is 696 g/mol. The van der Waals surface area contributed by atoms with Gasteiger partial charge in [0.05, 0.1) is 40.7 Å². The number of ether oxygens (including phenoxy) is 2. The first-order chi connectivity index (χ1) is 21.8. The molecule has 0 fully saturated rings. The highest BCUT2D eigenvalue weighted by molar-refractivity contribution is 6.74. The van der Waals surface area contributed by atoms with E-state index < -0.39 is 8.32 Å². The zero-order valence-electron chi connectivity index (χ0n) is 27.6. The summed E-state index contributed by atoms with van der Waals surface area (Å²) in [6.07, 6.45) is 2.65. The molecule has 0 N–H and O–H groups in total. The fraction of sp³-hybridized carbons (Fsp3) is 0.361. The number of nitrogens with zero attached hydrogens (tertiary/aromatic N) is 3. The van der Waals surface area contributed by atoms with Gasteiger partial charge in [0, 0.05) is 65.8 Å². The average molecular weight is 698 g/mol. The molecule has 0 saturated carbocycles. The molecule has 0 bridgehead atoms. The Labute approximate surface area is 289 Å². The molecule has 5 rings (SSSR count). The van der Waals surface area contributed by atoms with E-state index in [4.69, 9.17) is 53.7 Å². The van der Waals surface area contributed by atoms with Crippen LogP contribution in [0, 0.1) is 6.92 Å². The van der Waals surface area contributed by atoms with Crippen molar-refractivity contribution in [3.05, 3.63) is 87.3 Å². The minimum atomic E-state index is -1.79. The summed E-state index contributed by atoms with van der Waals surface area (Å²) in [5.74, 6) is 1.17. The Hall–Kier alpha value is -2.65. The van der Waals surface area contributed by atoms with Crippen molar-refractivity contribution in [1.82, 2.24) is 14.9 Å². The van der Waals surface area contributed by atoms with Crippen molar-refractivity contribution in [2.24, 2.45) is 0 Å². The minimum absolute atomic E-state index is 0.195. The Morgan fingerprint density at radius 3 is 2.37 bits per heavy atom. The number of rotatable bonds is 9. The molecule has 0 amide bonds. The van der Waals surface area contributed by atoms with Crippen LogP contribution < -0.4 is 9.47 Å². The van der Waals surface area contributed by atoms with Crippen LogP contribution in [0.2, 0.25) is 33.2 Å². The zero-order valence-corrected chi connectivity index (χ0v) is 30.8. The second-order valence-electron chi connectivity index (χ2n) is 13.1. The van der Waals surface area contributed by atoms with Crippen molar-refractivity contribution in [2.75, 3.05) is 33.9 Å². The van der Waals surface area contributed by atoms with E-state index in [9.17, 15) is 0 Å². The first kappa shape index (κ1) is 34.7. The van der Waals surface area contributed by atoms with Crippen molar-refractivity contribution in [3.63, 3.8) is 0 Å². The Morgan fingerprint density at radius 1 is 0.957 bits per heavy atom. The van der Waals surface area contributed by atoms with Crippen molar-refractivity contribution < 1.29 is 13.9 Å². The van der Waals surface area contributed by atoms with Gasteiger partial charge in [-0.05, 0) is 61.3 Å². The second-order valence-corrected chi connectivity index (χ2v) is 19.1. The van der Waals surface area contributed by atoms with E-state index in [1.54, 1.807) is 19.4 Å². The molecule has 46 heavy (non-hydrogen) atoms. The molecular weight excluding hydrogens is 657 g/mol. The molecule has 2 aromatic carbocycles. The lowest BCUT2D eigenvalue weighted by atomic mass is 9.94. The summed E-state index contributed by atoms with van der Waals surface area (Å²) in [6, 6.07) is 13.6. The minimum Gasteiger partial charge on any atom is -0.496 e. The summed E-state index contributed by atoms with van der Waals surface area (Å²) in [7, 11) is 1.46. The lowest BCUT2D eigenvalue weighted by molar-refractivity contribution is 0.185. The smallest absolute Gasteiger partial charge is 0.218 e. The molecule has 1 aliphatic rings. The molecule has 0 aliphatic carbocycles. The predicted molar refractivity (Wildman–Crippen MR) is 193 cm³/mol. The van der Waals surface area contributed by atoms with Gasteiger partial charge in [0.25, 0.3) is 0 Å². The van der Waals surface area contributed by atoms with E-state index >= 15 is 0 Å². The molecule has 1 radical (unpaired) electrons. The predicted octanol–water partition coefficient (Wildman–Crippen LogP) is 10.0. The van der Waals surface area contributed by atoms with Gasteiger partial charge in [-0.2, -0.15) is 0 Å². The largest absolute Gasteiger partial charge is 0.496 e. The molecule has 1 aliphatic heterocycles. The molecule has 0 atom stereocenters. The van der Waals surface area contributed by atoms with Gasteiger partial charge in [0.1, 0.15) is 5.75 Å². The molecule has 2 aromatic heterocycles. The van der Waals surface area contributed by atoms with E-state index in [2.05, 4.69) is 56.7 Å². The Kier molecular flexibility index (Phi) is 10.4. The van der Waals surface area contributed by atoms with Crippen molar-refractivity contribution in [1.29, 1.82) is 0 Å². The van der Waals surface area contributed by atoms with E-state index in [1.165, 1.54) is 18.2 Å². The number of hydrogen-bond acceptors (Lipinski definition) is 6. The Balaban J connectivity index is 1.44. The number of benzene rings is 2. The van der Waals surface area contributed by atoms with Crippen molar-refractivity contribution in [3.8, 4) is 45.3 Å². The maximum atomic E-state index is 7.12. The van der Waals surface area contributed by atoms with Crippen LogP contribution in [0.1, 0.15) is 37.5 Å². The van der Waals surface area contributed by atoms with E-state index in [-0.39, 0.29) is 5.04 Å². The van der Waals surface area contributed by atoms with Gasteiger partial charge in [-0.25, -0.2) is 4.98 Å². The lowest BCUT2D eigenvalue weighted by Crippen LogP contribution is -2.43. The third-order valence-electron chi connectivity index (χ3n) is 9.23. The maximum Gasteiger partial charge on any atom is 0.218 e. The summed E-state index contributed by atoms with van der Waals surface area (Å²) < 4.78 is 17.8. The Bertz CT molecular complexity index is 1740.